The van der Waals surface area contributed by atoms with Crippen molar-refractivity contribution in [3.63, 3.8) is 0 Å². The van der Waals surface area contributed by atoms with Gasteiger partial charge in [-0.25, -0.2) is 0 Å². The van der Waals surface area contributed by atoms with Gasteiger partial charge in [0.15, 0.2) is 0 Å². The minimum absolute atomic E-state index is 0.0317. The van der Waals surface area contributed by atoms with Crippen LogP contribution in [-0.4, -0.2) is 28.8 Å². The van der Waals surface area contributed by atoms with Gasteiger partial charge >= 0.3 is 0 Å². The average molecular weight is 400 g/mol. The van der Waals surface area contributed by atoms with Crippen LogP contribution in [-0.2, 0) is 16.1 Å². The number of carbonyl (C=O) groups excluding carboxylic acids is 2. The molecule has 0 spiro atoms. The van der Waals surface area contributed by atoms with E-state index < -0.39 is 0 Å². The van der Waals surface area contributed by atoms with Gasteiger partial charge in [-0.05, 0) is 61.6 Å². The molecule has 29 heavy (non-hydrogen) atoms. The van der Waals surface area contributed by atoms with Crippen molar-refractivity contribution in [1.29, 1.82) is 0 Å². The van der Waals surface area contributed by atoms with E-state index in [1.54, 1.807) is 0 Å². The van der Waals surface area contributed by atoms with Crippen LogP contribution in [0, 0.1) is 11.3 Å². The lowest BCUT2D eigenvalue weighted by atomic mass is 9.85. The van der Waals surface area contributed by atoms with Crippen molar-refractivity contribution in [2.24, 2.45) is 17.1 Å². The molecule has 0 atom stereocenters. The number of rotatable bonds is 6. The largest absolute Gasteiger partial charge is 0.335 e. The third-order valence-electron chi connectivity index (χ3n) is 6.23. The van der Waals surface area contributed by atoms with Gasteiger partial charge in [-0.15, -0.1) is 0 Å². The SMILES string of the molecule is CC(C)(C)CC(=O)N(Cc1ccc(NC(=O)C2CCC2)cc1)C1CCC(N)CC1. The highest BCUT2D eigenvalue weighted by molar-refractivity contribution is 5.93. The predicted octanol–water partition coefficient (Wildman–Crippen LogP) is 4.46. The highest BCUT2D eigenvalue weighted by Crippen LogP contribution is 2.29. The molecule has 0 radical (unpaired) electrons. The molecule has 0 heterocycles. The van der Waals surface area contributed by atoms with E-state index in [0.29, 0.717) is 13.0 Å². The molecular formula is C24H37N3O2. The maximum absolute atomic E-state index is 13.1. The number of anilines is 1. The van der Waals surface area contributed by atoms with Gasteiger partial charge in [-0.1, -0.05) is 39.3 Å². The van der Waals surface area contributed by atoms with Gasteiger partial charge in [-0.3, -0.25) is 9.59 Å². The van der Waals surface area contributed by atoms with Gasteiger partial charge in [0, 0.05) is 36.7 Å². The summed E-state index contributed by atoms with van der Waals surface area (Å²) in [7, 11) is 0. The van der Waals surface area contributed by atoms with Crippen molar-refractivity contribution in [2.45, 2.75) is 90.8 Å². The molecular weight excluding hydrogens is 362 g/mol. The summed E-state index contributed by atoms with van der Waals surface area (Å²) in [6.45, 7) is 6.95. The maximum Gasteiger partial charge on any atom is 0.227 e. The first-order valence-corrected chi connectivity index (χ1v) is 11.2. The van der Waals surface area contributed by atoms with Crippen molar-refractivity contribution in [3.8, 4) is 0 Å². The Morgan fingerprint density at radius 2 is 1.66 bits per heavy atom. The Bertz CT molecular complexity index is 696. The summed E-state index contributed by atoms with van der Waals surface area (Å²) in [4.78, 5) is 27.3. The highest BCUT2D eigenvalue weighted by atomic mass is 16.2. The summed E-state index contributed by atoms with van der Waals surface area (Å²) in [5.74, 6) is 0.530. The van der Waals surface area contributed by atoms with Gasteiger partial charge < -0.3 is 16.0 Å². The van der Waals surface area contributed by atoms with E-state index in [0.717, 1.165) is 56.2 Å². The third-order valence-corrected chi connectivity index (χ3v) is 6.23. The van der Waals surface area contributed by atoms with Crippen molar-refractivity contribution in [2.75, 3.05) is 5.32 Å². The van der Waals surface area contributed by atoms with Crippen molar-refractivity contribution in [3.05, 3.63) is 29.8 Å². The molecule has 1 aromatic rings. The van der Waals surface area contributed by atoms with Crippen LogP contribution in [0.1, 0.15) is 77.7 Å². The molecule has 2 amide bonds. The van der Waals surface area contributed by atoms with Gasteiger partial charge in [0.1, 0.15) is 0 Å². The Morgan fingerprint density at radius 3 is 2.17 bits per heavy atom. The third kappa shape index (κ3) is 6.30. The molecule has 2 aliphatic carbocycles. The van der Waals surface area contributed by atoms with E-state index >= 15 is 0 Å². The molecule has 3 N–H and O–H groups in total. The molecule has 0 aromatic heterocycles. The number of hydrogen-bond donors (Lipinski definition) is 2. The van der Waals surface area contributed by atoms with Crippen molar-refractivity contribution >= 4 is 17.5 Å². The van der Waals surface area contributed by atoms with Crippen LogP contribution in [0.25, 0.3) is 0 Å². The predicted molar refractivity (Wildman–Crippen MR) is 117 cm³/mol. The van der Waals surface area contributed by atoms with E-state index in [1.165, 1.54) is 0 Å². The van der Waals surface area contributed by atoms with Crippen LogP contribution in [0.5, 0.6) is 0 Å². The number of amides is 2. The number of nitrogens with one attached hydrogen (secondary N) is 1. The molecule has 1 aromatic carbocycles. The topological polar surface area (TPSA) is 75.4 Å². The van der Waals surface area contributed by atoms with Gasteiger partial charge in [0.2, 0.25) is 11.8 Å². The molecule has 160 valence electrons. The number of hydrogen-bond acceptors (Lipinski definition) is 3. The van der Waals surface area contributed by atoms with Crippen LogP contribution >= 0.6 is 0 Å². The monoisotopic (exact) mass is 399 g/mol. The van der Waals surface area contributed by atoms with Crippen LogP contribution in [0.3, 0.4) is 0 Å². The first-order valence-electron chi connectivity index (χ1n) is 11.2. The van der Waals surface area contributed by atoms with E-state index in [4.69, 9.17) is 5.73 Å². The first-order chi connectivity index (χ1) is 13.7. The quantitative estimate of drug-likeness (QED) is 0.741. The molecule has 0 unspecified atom stereocenters. The number of nitrogens with two attached hydrogens (primary N) is 1. The van der Waals surface area contributed by atoms with E-state index in [9.17, 15) is 9.59 Å². The Kier molecular flexibility index (Phi) is 6.99. The molecule has 2 fully saturated rings. The van der Waals surface area contributed by atoms with Gasteiger partial charge in [-0.2, -0.15) is 0 Å². The average Bonchev–Trinajstić information content (AvgIpc) is 2.59. The Labute approximate surface area is 175 Å². The molecule has 5 nitrogen and oxygen atoms in total. The minimum atomic E-state index is -0.0317. The summed E-state index contributed by atoms with van der Waals surface area (Å²) in [5.41, 5.74) is 7.99. The fourth-order valence-corrected chi connectivity index (χ4v) is 4.19. The van der Waals surface area contributed by atoms with Crippen molar-refractivity contribution < 1.29 is 9.59 Å². The van der Waals surface area contributed by atoms with E-state index in [1.807, 2.05) is 24.3 Å². The summed E-state index contributed by atoms with van der Waals surface area (Å²) in [6.07, 6.45) is 7.62. The smallest absolute Gasteiger partial charge is 0.227 e. The van der Waals surface area contributed by atoms with E-state index in [2.05, 4.69) is 31.0 Å². The fourth-order valence-electron chi connectivity index (χ4n) is 4.19. The molecule has 2 saturated carbocycles. The number of benzene rings is 1. The Morgan fingerprint density at radius 1 is 1.03 bits per heavy atom. The summed E-state index contributed by atoms with van der Waals surface area (Å²) < 4.78 is 0. The van der Waals surface area contributed by atoms with Gasteiger partial charge in [0.05, 0.1) is 0 Å². The van der Waals surface area contributed by atoms with Gasteiger partial charge in [0.25, 0.3) is 0 Å². The van der Waals surface area contributed by atoms with Crippen LogP contribution in [0.4, 0.5) is 5.69 Å². The maximum atomic E-state index is 13.1. The summed E-state index contributed by atoms with van der Waals surface area (Å²) >= 11 is 0. The van der Waals surface area contributed by atoms with Crippen molar-refractivity contribution in [1.82, 2.24) is 4.90 Å². The fraction of sp³-hybridized carbons (Fsp3) is 0.667. The number of carbonyl (C=O) groups is 2. The molecule has 0 saturated heterocycles. The Hall–Kier alpha value is -1.88. The normalized spacial score (nSPS) is 22.6. The zero-order valence-electron chi connectivity index (χ0n) is 18.2. The molecule has 2 aliphatic rings. The summed E-state index contributed by atoms with van der Waals surface area (Å²) in [6, 6.07) is 8.50. The lowest BCUT2D eigenvalue weighted by molar-refractivity contribution is -0.137. The zero-order valence-corrected chi connectivity index (χ0v) is 18.2. The van der Waals surface area contributed by atoms with Crippen LogP contribution in [0.2, 0.25) is 0 Å². The van der Waals surface area contributed by atoms with Crippen LogP contribution < -0.4 is 11.1 Å². The lowest BCUT2D eigenvalue weighted by Crippen LogP contribution is -2.44. The molecule has 0 aliphatic heterocycles. The second-order valence-corrected chi connectivity index (χ2v) is 10.1. The van der Waals surface area contributed by atoms with Crippen LogP contribution in [0.15, 0.2) is 24.3 Å². The summed E-state index contributed by atoms with van der Waals surface area (Å²) in [5, 5.41) is 3.01. The standard InChI is InChI=1S/C24H37N3O2/c1-24(2,3)15-22(28)27(21-13-9-19(25)10-14-21)16-17-7-11-20(12-8-17)26-23(29)18-5-4-6-18/h7-8,11-12,18-19,21H,4-6,9-10,13-16,25H2,1-3H3,(H,26,29). The highest BCUT2D eigenvalue weighted by Gasteiger charge is 2.30. The molecule has 5 heteroatoms. The second-order valence-electron chi connectivity index (χ2n) is 10.1. The molecule has 3 rings (SSSR count). The number of nitrogens with zero attached hydrogens (tertiary/aromatic N) is 1. The second kappa shape index (κ2) is 9.29. The lowest BCUT2D eigenvalue weighted by Gasteiger charge is -2.37. The minimum Gasteiger partial charge on any atom is -0.335 e. The zero-order chi connectivity index (χ0) is 21.0. The van der Waals surface area contributed by atoms with E-state index in [-0.39, 0.29) is 35.2 Å². The molecule has 0 bridgehead atoms. The Balaban J connectivity index is 1.65. The first kappa shape index (κ1) is 21.8.